The summed E-state index contributed by atoms with van der Waals surface area (Å²) in [4.78, 5) is 0. The number of benzene rings is 1. The van der Waals surface area contributed by atoms with E-state index < -0.39 is 0 Å². The summed E-state index contributed by atoms with van der Waals surface area (Å²) in [5.41, 5.74) is 1.34. The van der Waals surface area contributed by atoms with Crippen molar-refractivity contribution in [3.63, 3.8) is 0 Å². The molecule has 0 N–H and O–H groups in total. The Labute approximate surface area is 109 Å². The van der Waals surface area contributed by atoms with Crippen molar-refractivity contribution in [3.8, 4) is 5.75 Å². The highest BCUT2D eigenvalue weighted by molar-refractivity contribution is 5.27. The highest BCUT2D eigenvalue weighted by atomic mass is 16.5. The van der Waals surface area contributed by atoms with E-state index >= 15 is 0 Å². The Morgan fingerprint density at radius 3 is 2.61 bits per heavy atom. The summed E-state index contributed by atoms with van der Waals surface area (Å²) < 4.78 is 5.13. The van der Waals surface area contributed by atoms with Gasteiger partial charge in [-0.2, -0.15) is 0 Å². The SMILES string of the molecule is C=CN=NN(C)CCCCc1ccc(OC)cc1. The van der Waals surface area contributed by atoms with Crippen molar-refractivity contribution >= 4 is 0 Å². The summed E-state index contributed by atoms with van der Waals surface area (Å²) in [6.45, 7) is 4.40. The van der Waals surface area contributed by atoms with Crippen LogP contribution in [0.3, 0.4) is 0 Å². The molecule has 0 aliphatic carbocycles. The van der Waals surface area contributed by atoms with Crippen molar-refractivity contribution in [1.82, 2.24) is 5.01 Å². The van der Waals surface area contributed by atoms with E-state index in [0.29, 0.717) is 0 Å². The molecule has 0 unspecified atom stereocenters. The van der Waals surface area contributed by atoms with Gasteiger partial charge in [-0.3, -0.25) is 5.01 Å². The van der Waals surface area contributed by atoms with Gasteiger partial charge in [0, 0.05) is 19.8 Å². The van der Waals surface area contributed by atoms with E-state index in [9.17, 15) is 0 Å². The van der Waals surface area contributed by atoms with E-state index in [0.717, 1.165) is 31.6 Å². The molecule has 1 rings (SSSR count). The molecule has 1 aromatic rings. The van der Waals surface area contributed by atoms with E-state index in [2.05, 4.69) is 29.0 Å². The van der Waals surface area contributed by atoms with Crippen molar-refractivity contribution in [2.45, 2.75) is 19.3 Å². The van der Waals surface area contributed by atoms with Gasteiger partial charge in [0.1, 0.15) is 5.75 Å². The Morgan fingerprint density at radius 1 is 1.28 bits per heavy atom. The van der Waals surface area contributed by atoms with E-state index in [1.807, 2.05) is 24.2 Å². The average Bonchev–Trinajstić information content (AvgIpc) is 2.42. The number of ether oxygens (including phenoxy) is 1. The van der Waals surface area contributed by atoms with E-state index in [1.54, 1.807) is 7.11 Å². The lowest BCUT2D eigenvalue weighted by atomic mass is 10.1. The lowest BCUT2D eigenvalue weighted by Crippen LogP contribution is -2.11. The van der Waals surface area contributed by atoms with Crippen LogP contribution in [0.25, 0.3) is 0 Å². The standard InChI is InChI=1S/C14H21N3O/c1-4-15-16-17(2)12-6-5-7-13-8-10-14(18-3)11-9-13/h4,8-11H,1,5-7,12H2,2-3H3. The maximum atomic E-state index is 5.13. The van der Waals surface area contributed by atoms with Crippen LogP contribution in [-0.4, -0.2) is 25.7 Å². The maximum Gasteiger partial charge on any atom is 0.118 e. The molecule has 0 heterocycles. The second kappa shape index (κ2) is 8.28. The molecule has 0 fully saturated rings. The number of aryl methyl sites for hydroxylation is 1. The number of hydrogen-bond donors (Lipinski definition) is 0. The first-order valence-corrected chi connectivity index (χ1v) is 6.12. The first-order valence-electron chi connectivity index (χ1n) is 6.12. The van der Waals surface area contributed by atoms with Crippen molar-refractivity contribution in [1.29, 1.82) is 0 Å². The van der Waals surface area contributed by atoms with Crippen LogP contribution >= 0.6 is 0 Å². The zero-order valence-corrected chi connectivity index (χ0v) is 11.2. The summed E-state index contributed by atoms with van der Waals surface area (Å²) in [6.07, 6.45) is 4.75. The molecule has 0 spiro atoms. The molecule has 0 aromatic heterocycles. The summed E-state index contributed by atoms with van der Waals surface area (Å²) in [6, 6.07) is 8.22. The Hall–Kier alpha value is -1.84. The van der Waals surface area contributed by atoms with Gasteiger partial charge in [0.2, 0.25) is 0 Å². The van der Waals surface area contributed by atoms with Gasteiger partial charge in [0.15, 0.2) is 0 Å². The molecule has 98 valence electrons. The largest absolute Gasteiger partial charge is 0.497 e. The fraction of sp³-hybridized carbons (Fsp3) is 0.429. The molecule has 4 heteroatoms. The Balaban J connectivity index is 2.20. The molecule has 0 bridgehead atoms. The number of rotatable bonds is 8. The van der Waals surface area contributed by atoms with Gasteiger partial charge in [-0.15, -0.1) is 5.11 Å². The predicted molar refractivity (Wildman–Crippen MR) is 73.6 cm³/mol. The zero-order chi connectivity index (χ0) is 13.2. The minimum absolute atomic E-state index is 0.906. The van der Waals surface area contributed by atoms with Crippen LogP contribution in [0.1, 0.15) is 18.4 Å². The third-order valence-corrected chi connectivity index (χ3v) is 2.64. The van der Waals surface area contributed by atoms with Gasteiger partial charge in [0.05, 0.1) is 7.11 Å². The Kier molecular flexibility index (Phi) is 6.54. The Morgan fingerprint density at radius 2 is 2.00 bits per heavy atom. The monoisotopic (exact) mass is 247 g/mol. The molecule has 0 amide bonds. The highest BCUT2D eigenvalue weighted by Gasteiger charge is 1.97. The molecular formula is C14H21N3O. The van der Waals surface area contributed by atoms with E-state index in [-0.39, 0.29) is 0 Å². The van der Waals surface area contributed by atoms with Crippen LogP contribution in [0.15, 0.2) is 47.4 Å². The molecule has 0 saturated carbocycles. The fourth-order valence-electron chi connectivity index (χ4n) is 1.63. The Bertz CT molecular complexity index is 373. The van der Waals surface area contributed by atoms with Crippen LogP contribution in [-0.2, 0) is 6.42 Å². The third kappa shape index (κ3) is 5.48. The first-order chi connectivity index (χ1) is 8.76. The smallest absolute Gasteiger partial charge is 0.118 e. The van der Waals surface area contributed by atoms with Crippen LogP contribution in [0.4, 0.5) is 0 Å². The van der Waals surface area contributed by atoms with E-state index in [4.69, 9.17) is 4.74 Å². The van der Waals surface area contributed by atoms with Crippen LogP contribution in [0, 0.1) is 0 Å². The van der Waals surface area contributed by atoms with Gasteiger partial charge >= 0.3 is 0 Å². The highest BCUT2D eigenvalue weighted by Crippen LogP contribution is 2.13. The van der Waals surface area contributed by atoms with Gasteiger partial charge < -0.3 is 4.74 Å². The predicted octanol–water partition coefficient (Wildman–Crippen LogP) is 3.46. The summed E-state index contributed by atoms with van der Waals surface area (Å²) in [7, 11) is 3.60. The van der Waals surface area contributed by atoms with Crippen molar-refractivity contribution in [2.75, 3.05) is 20.7 Å². The number of nitrogens with zero attached hydrogens (tertiary/aromatic N) is 3. The van der Waals surface area contributed by atoms with Crippen LogP contribution in [0.5, 0.6) is 5.75 Å². The lowest BCUT2D eigenvalue weighted by Gasteiger charge is -2.10. The molecule has 1 aromatic carbocycles. The fourth-order valence-corrected chi connectivity index (χ4v) is 1.63. The van der Waals surface area contributed by atoms with Gasteiger partial charge in [-0.05, 0) is 37.0 Å². The minimum atomic E-state index is 0.906. The summed E-state index contributed by atoms with van der Waals surface area (Å²) in [5.74, 6) is 0.906. The van der Waals surface area contributed by atoms with Crippen LogP contribution < -0.4 is 4.74 Å². The maximum absolute atomic E-state index is 5.13. The topological polar surface area (TPSA) is 37.2 Å². The average molecular weight is 247 g/mol. The van der Waals surface area contributed by atoms with Gasteiger partial charge in [0.25, 0.3) is 0 Å². The normalized spacial score (nSPS) is 10.6. The van der Waals surface area contributed by atoms with Crippen molar-refractivity contribution < 1.29 is 4.74 Å². The second-order valence-electron chi connectivity index (χ2n) is 4.07. The summed E-state index contributed by atoms with van der Waals surface area (Å²) in [5, 5.41) is 9.49. The molecule has 0 radical (unpaired) electrons. The van der Waals surface area contributed by atoms with Crippen molar-refractivity contribution in [2.24, 2.45) is 10.3 Å². The molecule has 4 nitrogen and oxygen atoms in total. The minimum Gasteiger partial charge on any atom is -0.497 e. The lowest BCUT2D eigenvalue weighted by molar-refractivity contribution is 0.323. The quantitative estimate of drug-likeness (QED) is 0.401. The molecule has 0 aliphatic rings. The number of unbranched alkanes of at least 4 members (excludes halogenated alkanes) is 1. The zero-order valence-electron chi connectivity index (χ0n) is 11.2. The first kappa shape index (κ1) is 14.2. The third-order valence-electron chi connectivity index (χ3n) is 2.64. The molecule has 18 heavy (non-hydrogen) atoms. The summed E-state index contributed by atoms with van der Waals surface area (Å²) >= 11 is 0. The van der Waals surface area contributed by atoms with Crippen LogP contribution in [0.2, 0.25) is 0 Å². The van der Waals surface area contributed by atoms with Gasteiger partial charge in [-0.1, -0.05) is 23.9 Å². The van der Waals surface area contributed by atoms with Crippen molar-refractivity contribution in [3.05, 3.63) is 42.6 Å². The molecule has 0 atom stereocenters. The molecule has 0 aliphatic heterocycles. The second-order valence-corrected chi connectivity index (χ2v) is 4.07. The number of hydrogen-bond acceptors (Lipinski definition) is 3. The van der Waals surface area contributed by atoms with Gasteiger partial charge in [-0.25, -0.2) is 0 Å². The van der Waals surface area contributed by atoms with E-state index in [1.165, 1.54) is 11.8 Å². The molecular weight excluding hydrogens is 226 g/mol. The molecule has 0 saturated heterocycles. The number of methoxy groups -OCH3 is 1.